The molecule has 3 aromatic rings. The summed E-state index contributed by atoms with van der Waals surface area (Å²) in [6.07, 6.45) is 1.69. The molecule has 1 amide bonds. The number of benzene rings is 2. The maximum atomic E-state index is 11.9. The van der Waals surface area contributed by atoms with Gasteiger partial charge in [0.25, 0.3) is 5.91 Å². The molecule has 0 atom stereocenters. The number of hydrogen-bond donors (Lipinski definition) is 1. The lowest BCUT2D eigenvalue weighted by Crippen LogP contribution is -2.15. The minimum Gasteiger partial charge on any atom is -0.364 e. The second-order valence-corrected chi connectivity index (χ2v) is 6.45. The lowest BCUT2D eigenvalue weighted by atomic mass is 9.87. The van der Waals surface area contributed by atoms with Crippen LogP contribution in [-0.4, -0.2) is 15.7 Å². The number of carbonyl (C=O) groups excluding carboxylic acids is 1. The largest absolute Gasteiger partial charge is 0.364 e. The highest BCUT2D eigenvalue weighted by molar-refractivity contribution is 5.95. The summed E-state index contributed by atoms with van der Waals surface area (Å²) >= 11 is 0. The molecule has 0 unspecified atom stereocenters. The Morgan fingerprint density at radius 3 is 2.62 bits per heavy atom. The van der Waals surface area contributed by atoms with Crippen molar-refractivity contribution in [3.63, 3.8) is 0 Å². The van der Waals surface area contributed by atoms with Crippen molar-refractivity contribution in [1.82, 2.24) is 9.78 Å². The Balaban J connectivity index is 2.05. The van der Waals surface area contributed by atoms with Crippen molar-refractivity contribution in [1.29, 1.82) is 0 Å². The number of nitrogens with zero attached hydrogens (tertiary/aromatic N) is 2. The van der Waals surface area contributed by atoms with Gasteiger partial charge in [-0.05, 0) is 56.0 Å². The molecular formula is C20H19N3O. The van der Waals surface area contributed by atoms with Crippen LogP contribution in [0.1, 0.15) is 32.7 Å². The second kappa shape index (κ2) is 5.34. The summed E-state index contributed by atoms with van der Waals surface area (Å²) in [7, 11) is 0. The molecule has 1 heterocycles. The van der Waals surface area contributed by atoms with Gasteiger partial charge in [0.2, 0.25) is 0 Å². The lowest BCUT2D eigenvalue weighted by molar-refractivity contribution is 0.0994. The summed E-state index contributed by atoms with van der Waals surface area (Å²) in [6.45, 7) is 4.13. The van der Waals surface area contributed by atoms with Crippen molar-refractivity contribution < 1.29 is 4.79 Å². The van der Waals surface area contributed by atoms with Gasteiger partial charge in [0.15, 0.2) is 5.69 Å². The van der Waals surface area contributed by atoms with E-state index in [2.05, 4.69) is 36.3 Å². The minimum absolute atomic E-state index is 0.388. The maximum Gasteiger partial charge on any atom is 0.269 e. The summed E-state index contributed by atoms with van der Waals surface area (Å²) in [5.41, 5.74) is 13.7. The standard InChI is InChI=1S/C20H19N3O/c1-12-4-3-5-15(10-12)23-19-16(18(22-23)20(21)24)9-8-14-7-6-13(2)11-17(14)19/h3-7,10-11H,8-9H2,1-2H3,(H2,21,24). The average Bonchev–Trinajstić information content (AvgIpc) is 2.95. The third-order valence-electron chi connectivity index (χ3n) is 4.63. The van der Waals surface area contributed by atoms with Gasteiger partial charge in [-0.15, -0.1) is 0 Å². The molecule has 2 aromatic carbocycles. The molecule has 0 bridgehead atoms. The van der Waals surface area contributed by atoms with Crippen LogP contribution in [0.3, 0.4) is 0 Å². The summed E-state index contributed by atoms with van der Waals surface area (Å²) in [6, 6.07) is 14.6. The molecule has 1 aliphatic rings. The molecule has 2 N–H and O–H groups in total. The van der Waals surface area contributed by atoms with Gasteiger partial charge in [0, 0.05) is 11.1 Å². The number of aryl methyl sites for hydroxylation is 3. The van der Waals surface area contributed by atoms with E-state index in [0.717, 1.165) is 40.9 Å². The highest BCUT2D eigenvalue weighted by Gasteiger charge is 2.27. The number of primary amides is 1. The van der Waals surface area contributed by atoms with Crippen molar-refractivity contribution in [3.8, 4) is 16.9 Å². The molecule has 1 aliphatic carbocycles. The van der Waals surface area contributed by atoms with Gasteiger partial charge in [-0.2, -0.15) is 5.10 Å². The van der Waals surface area contributed by atoms with E-state index in [9.17, 15) is 4.79 Å². The molecule has 24 heavy (non-hydrogen) atoms. The molecule has 4 nitrogen and oxygen atoms in total. The van der Waals surface area contributed by atoms with Crippen LogP contribution in [0.5, 0.6) is 0 Å². The molecule has 0 fully saturated rings. The molecule has 4 rings (SSSR count). The van der Waals surface area contributed by atoms with E-state index in [1.165, 1.54) is 11.1 Å². The molecule has 0 saturated carbocycles. The van der Waals surface area contributed by atoms with Crippen LogP contribution >= 0.6 is 0 Å². The number of aromatic nitrogens is 2. The zero-order valence-corrected chi connectivity index (χ0v) is 13.8. The van der Waals surface area contributed by atoms with Crippen molar-refractivity contribution in [2.45, 2.75) is 26.7 Å². The van der Waals surface area contributed by atoms with E-state index in [1.807, 2.05) is 29.8 Å². The molecule has 4 heteroatoms. The SMILES string of the molecule is Cc1cccc(-n2nc(C(N)=O)c3c2-c2cc(C)ccc2CC3)c1. The number of carbonyl (C=O) groups is 1. The smallest absolute Gasteiger partial charge is 0.269 e. The number of amides is 1. The monoisotopic (exact) mass is 317 g/mol. The van der Waals surface area contributed by atoms with Gasteiger partial charge in [-0.1, -0.05) is 29.8 Å². The number of hydrogen-bond acceptors (Lipinski definition) is 2. The van der Waals surface area contributed by atoms with Crippen LogP contribution in [0.2, 0.25) is 0 Å². The predicted octanol–water partition coefficient (Wildman–Crippen LogP) is 3.35. The maximum absolute atomic E-state index is 11.9. The van der Waals surface area contributed by atoms with E-state index >= 15 is 0 Å². The highest BCUT2D eigenvalue weighted by Crippen LogP contribution is 2.37. The molecule has 0 radical (unpaired) electrons. The van der Waals surface area contributed by atoms with E-state index in [4.69, 9.17) is 5.73 Å². The number of nitrogens with two attached hydrogens (primary N) is 1. The predicted molar refractivity (Wildman–Crippen MR) is 94.4 cm³/mol. The van der Waals surface area contributed by atoms with E-state index < -0.39 is 5.91 Å². The summed E-state index contributed by atoms with van der Waals surface area (Å²) < 4.78 is 1.87. The van der Waals surface area contributed by atoms with Crippen LogP contribution in [0.25, 0.3) is 16.9 Å². The first-order valence-electron chi connectivity index (χ1n) is 8.13. The number of fused-ring (bicyclic) bond motifs is 3. The Morgan fingerprint density at radius 2 is 1.88 bits per heavy atom. The molecule has 0 aliphatic heterocycles. The Hall–Kier alpha value is -2.88. The van der Waals surface area contributed by atoms with Crippen molar-refractivity contribution in [2.75, 3.05) is 0 Å². The van der Waals surface area contributed by atoms with Gasteiger partial charge in [0.1, 0.15) is 0 Å². The fraction of sp³-hybridized carbons (Fsp3) is 0.200. The van der Waals surface area contributed by atoms with Crippen molar-refractivity contribution in [2.24, 2.45) is 5.73 Å². The zero-order valence-electron chi connectivity index (χ0n) is 13.8. The van der Waals surface area contributed by atoms with Crippen LogP contribution in [-0.2, 0) is 12.8 Å². The summed E-state index contributed by atoms with van der Waals surface area (Å²) in [4.78, 5) is 11.9. The van der Waals surface area contributed by atoms with E-state index in [-0.39, 0.29) is 0 Å². The quantitative estimate of drug-likeness (QED) is 0.788. The fourth-order valence-electron chi connectivity index (χ4n) is 3.50. The Labute approximate surface area is 140 Å². The summed E-state index contributed by atoms with van der Waals surface area (Å²) in [5.74, 6) is -0.464. The zero-order chi connectivity index (χ0) is 16.8. The lowest BCUT2D eigenvalue weighted by Gasteiger charge is -2.19. The molecule has 0 spiro atoms. The topological polar surface area (TPSA) is 60.9 Å². The van der Waals surface area contributed by atoms with Crippen LogP contribution in [0, 0.1) is 13.8 Å². The summed E-state index contributed by atoms with van der Waals surface area (Å²) in [5, 5.41) is 4.57. The normalized spacial score (nSPS) is 12.6. The van der Waals surface area contributed by atoms with Crippen molar-refractivity contribution >= 4 is 5.91 Å². The second-order valence-electron chi connectivity index (χ2n) is 6.45. The Morgan fingerprint density at radius 1 is 1.08 bits per heavy atom. The highest BCUT2D eigenvalue weighted by atomic mass is 16.1. The minimum atomic E-state index is -0.464. The molecule has 0 saturated heterocycles. The number of rotatable bonds is 2. The molecule has 120 valence electrons. The molecular weight excluding hydrogens is 298 g/mol. The van der Waals surface area contributed by atoms with Crippen LogP contribution in [0.15, 0.2) is 42.5 Å². The van der Waals surface area contributed by atoms with E-state index in [0.29, 0.717) is 5.69 Å². The van der Waals surface area contributed by atoms with E-state index in [1.54, 1.807) is 0 Å². The Kier molecular flexibility index (Phi) is 3.27. The van der Waals surface area contributed by atoms with Gasteiger partial charge >= 0.3 is 0 Å². The van der Waals surface area contributed by atoms with Gasteiger partial charge < -0.3 is 5.73 Å². The molecule has 1 aromatic heterocycles. The van der Waals surface area contributed by atoms with Gasteiger partial charge in [-0.25, -0.2) is 4.68 Å². The van der Waals surface area contributed by atoms with Gasteiger partial charge in [0.05, 0.1) is 11.4 Å². The fourth-order valence-corrected chi connectivity index (χ4v) is 3.50. The van der Waals surface area contributed by atoms with Crippen LogP contribution in [0.4, 0.5) is 0 Å². The first-order chi connectivity index (χ1) is 11.5. The third-order valence-corrected chi connectivity index (χ3v) is 4.63. The Bertz CT molecular complexity index is 969. The average molecular weight is 317 g/mol. The third kappa shape index (κ3) is 2.22. The van der Waals surface area contributed by atoms with Crippen molar-refractivity contribution in [3.05, 3.63) is 70.4 Å². The van der Waals surface area contributed by atoms with Crippen LogP contribution < -0.4 is 5.73 Å². The first kappa shape index (κ1) is 14.7. The first-order valence-corrected chi connectivity index (χ1v) is 8.13. The van der Waals surface area contributed by atoms with Gasteiger partial charge in [-0.3, -0.25) is 4.79 Å².